The average Bonchev–Trinajstić information content (AvgIpc) is 2.31. The molecule has 0 atom stereocenters. The minimum Gasteiger partial charge on any atom is -0.493 e. The predicted octanol–water partition coefficient (Wildman–Crippen LogP) is 3.22. The fourth-order valence-corrected chi connectivity index (χ4v) is 1.43. The summed E-state index contributed by atoms with van der Waals surface area (Å²) in [5, 5.41) is 19.6. The third-order valence-electron chi connectivity index (χ3n) is 2.74. The number of nitriles is 1. The highest BCUT2D eigenvalue weighted by molar-refractivity contribution is 5.48. The molecule has 0 aliphatic heterocycles. The van der Waals surface area contributed by atoms with Gasteiger partial charge in [-0.05, 0) is 33.3 Å². The van der Waals surface area contributed by atoms with E-state index in [-0.39, 0.29) is 5.69 Å². The first-order valence-electron chi connectivity index (χ1n) is 5.65. The van der Waals surface area contributed by atoms with Gasteiger partial charge in [0.1, 0.15) is 5.75 Å². The quantitative estimate of drug-likeness (QED) is 0.592. The Hall–Kier alpha value is -2.09. The van der Waals surface area contributed by atoms with Crippen molar-refractivity contribution in [2.75, 3.05) is 6.61 Å². The molecule has 5 heteroatoms. The lowest BCUT2D eigenvalue weighted by atomic mass is 9.92. The second kappa shape index (κ2) is 5.50. The molecule has 0 N–H and O–H groups in total. The smallest absolute Gasteiger partial charge is 0.276 e. The summed E-state index contributed by atoms with van der Waals surface area (Å²) in [6.07, 6.45) is 0.575. The molecule has 0 spiro atoms. The van der Waals surface area contributed by atoms with Gasteiger partial charge in [0.05, 0.1) is 28.6 Å². The van der Waals surface area contributed by atoms with Crippen LogP contribution in [0.5, 0.6) is 5.75 Å². The SMILES string of the molecule is Cc1c(OCCC(C)(C)C#N)cccc1[N+](=O)[O-]. The summed E-state index contributed by atoms with van der Waals surface area (Å²) >= 11 is 0. The van der Waals surface area contributed by atoms with Crippen LogP contribution in [0.3, 0.4) is 0 Å². The second-order valence-electron chi connectivity index (χ2n) is 4.75. The first-order valence-corrected chi connectivity index (χ1v) is 5.65. The number of ether oxygens (including phenoxy) is 1. The molecule has 1 aromatic carbocycles. The van der Waals surface area contributed by atoms with Crippen molar-refractivity contribution in [3.8, 4) is 11.8 Å². The number of benzene rings is 1. The molecule has 0 aliphatic rings. The zero-order chi connectivity index (χ0) is 13.8. The standard InChI is InChI=1S/C13H16N2O3/c1-10-11(15(16)17)5-4-6-12(10)18-8-7-13(2,3)9-14/h4-6H,7-8H2,1-3H3. The topological polar surface area (TPSA) is 76.2 Å². The maximum atomic E-state index is 10.8. The van der Waals surface area contributed by atoms with Crippen molar-refractivity contribution in [2.45, 2.75) is 27.2 Å². The average molecular weight is 248 g/mol. The molecule has 1 aromatic rings. The van der Waals surface area contributed by atoms with E-state index >= 15 is 0 Å². The van der Waals surface area contributed by atoms with Crippen molar-refractivity contribution in [1.29, 1.82) is 5.26 Å². The van der Waals surface area contributed by atoms with Crippen LogP contribution in [-0.4, -0.2) is 11.5 Å². The third kappa shape index (κ3) is 3.45. The van der Waals surface area contributed by atoms with Gasteiger partial charge in [-0.25, -0.2) is 0 Å². The Kier molecular flexibility index (Phi) is 4.27. The molecule has 1 rings (SSSR count). The number of hydrogen-bond acceptors (Lipinski definition) is 4. The van der Waals surface area contributed by atoms with E-state index in [0.717, 1.165) is 0 Å². The molecule has 0 bridgehead atoms. The first-order chi connectivity index (χ1) is 8.37. The van der Waals surface area contributed by atoms with Gasteiger partial charge in [0.15, 0.2) is 0 Å². The molecule has 0 unspecified atom stereocenters. The van der Waals surface area contributed by atoms with Crippen molar-refractivity contribution in [3.63, 3.8) is 0 Å². The van der Waals surface area contributed by atoms with Gasteiger partial charge >= 0.3 is 0 Å². The monoisotopic (exact) mass is 248 g/mol. The Morgan fingerprint density at radius 1 is 1.50 bits per heavy atom. The van der Waals surface area contributed by atoms with Crippen LogP contribution >= 0.6 is 0 Å². The van der Waals surface area contributed by atoms with Gasteiger partial charge in [0, 0.05) is 6.07 Å². The molecule has 0 amide bonds. The van der Waals surface area contributed by atoms with E-state index in [0.29, 0.717) is 24.3 Å². The minimum atomic E-state index is -0.450. The van der Waals surface area contributed by atoms with E-state index in [1.165, 1.54) is 6.07 Å². The van der Waals surface area contributed by atoms with Crippen molar-refractivity contribution in [1.82, 2.24) is 0 Å². The van der Waals surface area contributed by atoms with Gasteiger partial charge in [0.25, 0.3) is 5.69 Å². The van der Waals surface area contributed by atoms with Crippen molar-refractivity contribution >= 4 is 5.69 Å². The molecule has 0 radical (unpaired) electrons. The van der Waals surface area contributed by atoms with Crippen LogP contribution in [0.1, 0.15) is 25.8 Å². The van der Waals surface area contributed by atoms with E-state index in [2.05, 4.69) is 6.07 Å². The molecular weight excluding hydrogens is 232 g/mol. The summed E-state index contributed by atoms with van der Waals surface area (Å²) in [5.41, 5.74) is 0.110. The summed E-state index contributed by atoms with van der Waals surface area (Å²) < 4.78 is 5.51. The molecule has 96 valence electrons. The summed E-state index contributed by atoms with van der Waals surface area (Å²) in [4.78, 5) is 10.3. The molecule has 0 saturated carbocycles. The summed E-state index contributed by atoms with van der Waals surface area (Å²) in [6.45, 7) is 5.68. The number of nitro benzene ring substituents is 1. The molecule has 18 heavy (non-hydrogen) atoms. The highest BCUT2D eigenvalue weighted by Gasteiger charge is 2.18. The van der Waals surface area contributed by atoms with Gasteiger partial charge in [-0.3, -0.25) is 10.1 Å². The molecular formula is C13H16N2O3. The lowest BCUT2D eigenvalue weighted by molar-refractivity contribution is -0.385. The summed E-state index contributed by atoms with van der Waals surface area (Å²) in [5.74, 6) is 0.498. The Labute approximate surface area is 106 Å². The zero-order valence-corrected chi connectivity index (χ0v) is 10.8. The highest BCUT2D eigenvalue weighted by Crippen LogP contribution is 2.28. The highest BCUT2D eigenvalue weighted by atomic mass is 16.6. The van der Waals surface area contributed by atoms with Gasteiger partial charge in [-0.2, -0.15) is 5.26 Å². The van der Waals surface area contributed by atoms with Gasteiger partial charge in [0.2, 0.25) is 0 Å². The van der Waals surface area contributed by atoms with E-state index in [9.17, 15) is 10.1 Å². The first kappa shape index (κ1) is 14.0. The number of hydrogen-bond donors (Lipinski definition) is 0. The minimum absolute atomic E-state index is 0.0482. The number of rotatable bonds is 5. The Bertz CT molecular complexity index is 489. The fraction of sp³-hybridized carbons (Fsp3) is 0.462. The van der Waals surface area contributed by atoms with Crippen LogP contribution in [0.2, 0.25) is 0 Å². The van der Waals surface area contributed by atoms with E-state index in [1.54, 1.807) is 19.1 Å². The zero-order valence-electron chi connectivity index (χ0n) is 10.8. The van der Waals surface area contributed by atoms with Crippen molar-refractivity contribution < 1.29 is 9.66 Å². The van der Waals surface area contributed by atoms with Crippen LogP contribution in [0.15, 0.2) is 18.2 Å². The van der Waals surface area contributed by atoms with Crippen LogP contribution in [-0.2, 0) is 0 Å². The van der Waals surface area contributed by atoms with Gasteiger partial charge in [-0.15, -0.1) is 0 Å². The molecule has 0 fully saturated rings. The van der Waals surface area contributed by atoms with Crippen LogP contribution in [0, 0.1) is 33.8 Å². The molecule has 0 aromatic heterocycles. The lowest BCUT2D eigenvalue weighted by Gasteiger charge is -2.16. The van der Waals surface area contributed by atoms with Gasteiger partial charge in [-0.1, -0.05) is 6.07 Å². The van der Waals surface area contributed by atoms with Crippen LogP contribution < -0.4 is 4.74 Å². The Morgan fingerprint density at radius 3 is 2.72 bits per heavy atom. The van der Waals surface area contributed by atoms with E-state index in [1.807, 2.05) is 13.8 Å². The molecule has 0 saturated heterocycles. The fourth-order valence-electron chi connectivity index (χ4n) is 1.43. The Balaban J connectivity index is 2.73. The van der Waals surface area contributed by atoms with Crippen molar-refractivity contribution in [2.24, 2.45) is 5.41 Å². The van der Waals surface area contributed by atoms with E-state index in [4.69, 9.17) is 10.00 Å². The number of nitro groups is 1. The van der Waals surface area contributed by atoms with Crippen LogP contribution in [0.4, 0.5) is 5.69 Å². The third-order valence-corrected chi connectivity index (χ3v) is 2.74. The predicted molar refractivity (Wildman–Crippen MR) is 67.3 cm³/mol. The normalized spacial score (nSPS) is 10.8. The molecule has 0 heterocycles. The molecule has 0 aliphatic carbocycles. The number of nitrogens with zero attached hydrogens (tertiary/aromatic N) is 2. The maximum Gasteiger partial charge on any atom is 0.276 e. The summed E-state index contributed by atoms with van der Waals surface area (Å²) in [6, 6.07) is 6.92. The Morgan fingerprint density at radius 2 is 2.17 bits per heavy atom. The molecule has 5 nitrogen and oxygen atoms in total. The lowest BCUT2D eigenvalue weighted by Crippen LogP contribution is -2.13. The van der Waals surface area contributed by atoms with Crippen molar-refractivity contribution in [3.05, 3.63) is 33.9 Å². The summed E-state index contributed by atoms with van der Waals surface area (Å²) in [7, 11) is 0. The van der Waals surface area contributed by atoms with Gasteiger partial charge < -0.3 is 4.74 Å². The maximum absolute atomic E-state index is 10.8. The largest absolute Gasteiger partial charge is 0.493 e. The second-order valence-corrected chi connectivity index (χ2v) is 4.75. The van der Waals surface area contributed by atoms with Crippen LogP contribution in [0.25, 0.3) is 0 Å². The van der Waals surface area contributed by atoms with E-state index < -0.39 is 10.3 Å².